The summed E-state index contributed by atoms with van der Waals surface area (Å²) in [5.74, 6) is -0.259. The molecule has 1 saturated heterocycles. The van der Waals surface area contributed by atoms with Gasteiger partial charge in [-0.05, 0) is 44.0 Å². The van der Waals surface area contributed by atoms with Crippen LogP contribution in [0.1, 0.15) is 26.7 Å². The zero-order valence-corrected chi connectivity index (χ0v) is 17.4. The molecule has 8 nitrogen and oxygen atoms in total. The smallest absolute Gasteiger partial charge is 0.237 e. The highest BCUT2D eigenvalue weighted by molar-refractivity contribution is 8.02. The molecule has 0 saturated carbocycles. The third-order valence-corrected chi connectivity index (χ3v) is 6.10. The molecule has 3 N–H and O–H groups in total. The minimum atomic E-state index is -0.325. The lowest BCUT2D eigenvalue weighted by Gasteiger charge is -2.11. The highest BCUT2D eigenvalue weighted by Gasteiger charge is 2.19. The van der Waals surface area contributed by atoms with E-state index < -0.39 is 0 Å². The molecule has 2 atom stereocenters. The predicted molar refractivity (Wildman–Crippen MR) is 112 cm³/mol. The molecule has 1 fully saturated rings. The first-order valence-corrected chi connectivity index (χ1v) is 10.7. The number of anilines is 3. The summed E-state index contributed by atoms with van der Waals surface area (Å²) in [6.45, 7) is 4.83. The number of carbonyl (C=O) groups is 2. The Balaban J connectivity index is 1.46. The van der Waals surface area contributed by atoms with Gasteiger partial charge in [0.1, 0.15) is 0 Å². The van der Waals surface area contributed by atoms with Gasteiger partial charge in [0.05, 0.1) is 11.4 Å². The number of carbonyl (C=O) groups excluding carboxylic acids is 2. The van der Waals surface area contributed by atoms with Crippen molar-refractivity contribution in [3.8, 4) is 0 Å². The zero-order valence-electron chi connectivity index (χ0n) is 15.7. The zero-order chi connectivity index (χ0) is 19.9. The fraction of sp³-hybridized carbons (Fsp3) is 0.444. The number of ether oxygens (including phenoxy) is 1. The van der Waals surface area contributed by atoms with Gasteiger partial charge in [0.25, 0.3) is 0 Å². The van der Waals surface area contributed by atoms with Crippen LogP contribution in [0.25, 0.3) is 0 Å². The van der Waals surface area contributed by atoms with Crippen LogP contribution >= 0.6 is 23.1 Å². The van der Waals surface area contributed by atoms with Crippen molar-refractivity contribution in [3.05, 3.63) is 24.3 Å². The summed E-state index contributed by atoms with van der Waals surface area (Å²) in [7, 11) is 0. The van der Waals surface area contributed by atoms with E-state index in [0.29, 0.717) is 11.4 Å². The molecule has 0 unspecified atom stereocenters. The van der Waals surface area contributed by atoms with E-state index in [1.807, 2.05) is 6.92 Å². The van der Waals surface area contributed by atoms with Crippen LogP contribution in [0, 0.1) is 0 Å². The third kappa shape index (κ3) is 6.18. The number of aromatic nitrogens is 2. The number of nitrogens with zero attached hydrogens (tertiary/aromatic N) is 2. The van der Waals surface area contributed by atoms with E-state index in [-0.39, 0.29) is 23.2 Å². The molecule has 1 aliphatic rings. The highest BCUT2D eigenvalue weighted by atomic mass is 32.2. The van der Waals surface area contributed by atoms with E-state index in [9.17, 15) is 9.59 Å². The molecule has 3 rings (SSSR count). The van der Waals surface area contributed by atoms with Crippen molar-refractivity contribution in [2.45, 2.75) is 42.4 Å². The monoisotopic (exact) mass is 421 g/mol. The van der Waals surface area contributed by atoms with Crippen molar-refractivity contribution >= 4 is 51.4 Å². The normalized spacial score (nSPS) is 17.1. The molecule has 150 valence electrons. The van der Waals surface area contributed by atoms with E-state index in [1.165, 1.54) is 30.0 Å². The molecule has 1 aliphatic heterocycles. The number of thioether (sulfide) groups is 1. The number of hydrogen-bond donors (Lipinski definition) is 3. The quantitative estimate of drug-likeness (QED) is 0.562. The van der Waals surface area contributed by atoms with Crippen LogP contribution in [0.5, 0.6) is 0 Å². The van der Waals surface area contributed by atoms with Crippen LogP contribution < -0.4 is 16.0 Å². The van der Waals surface area contributed by atoms with Crippen LogP contribution in [0.15, 0.2) is 28.6 Å². The van der Waals surface area contributed by atoms with Gasteiger partial charge in [-0.15, -0.1) is 10.2 Å². The Kier molecular flexibility index (Phi) is 7.24. The minimum Gasteiger partial charge on any atom is -0.376 e. The average Bonchev–Trinajstić information content (AvgIpc) is 3.33. The fourth-order valence-electron chi connectivity index (χ4n) is 2.62. The summed E-state index contributed by atoms with van der Waals surface area (Å²) < 4.78 is 6.31. The number of nitrogens with one attached hydrogen (secondary N) is 3. The molecule has 2 heterocycles. The maximum Gasteiger partial charge on any atom is 0.237 e. The van der Waals surface area contributed by atoms with Crippen LogP contribution in [0.2, 0.25) is 0 Å². The van der Waals surface area contributed by atoms with E-state index in [0.717, 1.165) is 35.5 Å². The molecule has 0 radical (unpaired) electrons. The largest absolute Gasteiger partial charge is 0.376 e. The predicted octanol–water partition coefficient (Wildman–Crippen LogP) is 3.21. The molecule has 0 aliphatic carbocycles. The molecular weight excluding hydrogens is 398 g/mol. The molecule has 0 spiro atoms. The lowest BCUT2D eigenvalue weighted by molar-refractivity contribution is -0.115. The Morgan fingerprint density at radius 3 is 2.61 bits per heavy atom. The van der Waals surface area contributed by atoms with Gasteiger partial charge in [-0.25, -0.2) is 0 Å². The van der Waals surface area contributed by atoms with Gasteiger partial charge in [-0.3, -0.25) is 9.59 Å². The second-order valence-electron chi connectivity index (χ2n) is 6.40. The Labute approximate surface area is 171 Å². The molecule has 1 aromatic carbocycles. The van der Waals surface area contributed by atoms with Gasteiger partial charge in [-0.2, -0.15) is 0 Å². The maximum atomic E-state index is 12.4. The first kappa shape index (κ1) is 20.6. The van der Waals surface area contributed by atoms with Gasteiger partial charge in [-0.1, -0.05) is 23.1 Å². The molecule has 1 aromatic heterocycles. The number of amides is 2. The third-order valence-electron chi connectivity index (χ3n) is 4.03. The fourth-order valence-corrected chi connectivity index (χ4v) is 4.53. The first-order chi connectivity index (χ1) is 13.5. The molecular formula is C18H23N5O3S2. The van der Waals surface area contributed by atoms with Crippen molar-refractivity contribution in [1.82, 2.24) is 10.2 Å². The van der Waals surface area contributed by atoms with Crippen molar-refractivity contribution in [2.24, 2.45) is 0 Å². The summed E-state index contributed by atoms with van der Waals surface area (Å²) in [6.07, 6.45) is 2.41. The van der Waals surface area contributed by atoms with Crippen molar-refractivity contribution in [3.63, 3.8) is 0 Å². The number of rotatable bonds is 8. The minimum absolute atomic E-state index is 0.124. The Hall–Kier alpha value is -2.17. The lowest BCUT2D eigenvalue weighted by Crippen LogP contribution is -2.22. The molecule has 0 bridgehead atoms. The van der Waals surface area contributed by atoms with E-state index in [2.05, 4.69) is 26.1 Å². The summed E-state index contributed by atoms with van der Waals surface area (Å²) in [6, 6.07) is 6.98. The summed E-state index contributed by atoms with van der Waals surface area (Å²) >= 11 is 2.80. The van der Waals surface area contributed by atoms with Crippen LogP contribution in [0.4, 0.5) is 16.5 Å². The van der Waals surface area contributed by atoms with Gasteiger partial charge >= 0.3 is 0 Å². The van der Waals surface area contributed by atoms with Crippen molar-refractivity contribution in [2.75, 3.05) is 29.1 Å². The molecule has 2 aromatic rings. The molecule has 10 heteroatoms. The standard InChI is InChI=1S/C18H23N5O3S2/c1-11(16(25)21-14-7-5-13(6-8-14)20-12(2)24)27-18-23-22-17(28-18)19-10-15-4-3-9-26-15/h5-8,11,15H,3-4,9-10H2,1-2H3,(H,19,22)(H,20,24)(H,21,25)/t11-,15-/m1/s1. The lowest BCUT2D eigenvalue weighted by atomic mass is 10.2. The Bertz CT molecular complexity index is 806. The van der Waals surface area contributed by atoms with E-state index >= 15 is 0 Å². The highest BCUT2D eigenvalue weighted by Crippen LogP contribution is 2.29. The van der Waals surface area contributed by atoms with E-state index in [4.69, 9.17) is 4.74 Å². The van der Waals surface area contributed by atoms with Gasteiger partial charge in [0.2, 0.25) is 16.9 Å². The van der Waals surface area contributed by atoms with E-state index in [1.54, 1.807) is 24.3 Å². The summed E-state index contributed by atoms with van der Waals surface area (Å²) in [5, 5.41) is 17.5. The van der Waals surface area contributed by atoms with Crippen LogP contribution in [-0.4, -0.2) is 46.5 Å². The first-order valence-electron chi connectivity index (χ1n) is 9.04. The second kappa shape index (κ2) is 9.85. The Morgan fingerprint density at radius 2 is 1.96 bits per heavy atom. The Morgan fingerprint density at radius 1 is 1.25 bits per heavy atom. The van der Waals surface area contributed by atoms with Gasteiger partial charge in [0, 0.05) is 31.5 Å². The van der Waals surface area contributed by atoms with Crippen molar-refractivity contribution < 1.29 is 14.3 Å². The number of benzene rings is 1. The summed E-state index contributed by atoms with van der Waals surface area (Å²) in [4.78, 5) is 23.5. The molecule has 2 amide bonds. The second-order valence-corrected chi connectivity index (χ2v) is 8.96. The average molecular weight is 422 g/mol. The molecule has 28 heavy (non-hydrogen) atoms. The summed E-state index contributed by atoms with van der Waals surface area (Å²) in [5.41, 5.74) is 1.35. The van der Waals surface area contributed by atoms with Crippen LogP contribution in [-0.2, 0) is 14.3 Å². The van der Waals surface area contributed by atoms with Crippen molar-refractivity contribution in [1.29, 1.82) is 0 Å². The van der Waals surface area contributed by atoms with Gasteiger partial charge < -0.3 is 20.7 Å². The topological polar surface area (TPSA) is 105 Å². The van der Waals surface area contributed by atoms with Crippen LogP contribution in [0.3, 0.4) is 0 Å². The van der Waals surface area contributed by atoms with Gasteiger partial charge in [0.15, 0.2) is 4.34 Å². The SMILES string of the molecule is CC(=O)Nc1ccc(NC(=O)[C@@H](C)Sc2nnc(NC[C@H]3CCCO3)s2)cc1. The number of hydrogen-bond acceptors (Lipinski definition) is 8. The maximum absolute atomic E-state index is 12.4.